The second-order valence-corrected chi connectivity index (χ2v) is 4.48. The lowest BCUT2D eigenvalue weighted by Gasteiger charge is -2.06. The molecule has 1 amide bonds. The summed E-state index contributed by atoms with van der Waals surface area (Å²) in [6.45, 7) is 2.27. The van der Waals surface area contributed by atoms with Crippen LogP contribution in [0, 0.1) is 0 Å². The zero-order valence-electron chi connectivity index (χ0n) is 12.1. The number of aromatic hydroxyl groups is 1. The maximum Gasteiger partial charge on any atom is 0.271 e. The highest BCUT2D eigenvalue weighted by Crippen LogP contribution is 2.26. The van der Waals surface area contributed by atoms with Crippen molar-refractivity contribution in [2.45, 2.75) is 6.92 Å². The minimum absolute atomic E-state index is 0.0581. The van der Waals surface area contributed by atoms with Crippen molar-refractivity contribution in [2.24, 2.45) is 5.10 Å². The van der Waals surface area contributed by atoms with Gasteiger partial charge in [0, 0.05) is 11.3 Å². The Morgan fingerprint density at radius 1 is 1.36 bits per heavy atom. The molecule has 0 saturated heterocycles. The first-order valence-electron chi connectivity index (χ1n) is 6.75. The minimum atomic E-state index is -0.354. The van der Waals surface area contributed by atoms with E-state index < -0.39 is 0 Å². The number of phenols is 1. The molecule has 2 aromatic carbocycles. The molecular formula is C16H17N3O3. The van der Waals surface area contributed by atoms with Crippen LogP contribution in [0.25, 0.3) is 0 Å². The number of phenolic OH excluding ortho intramolecular Hbond substituents is 1. The van der Waals surface area contributed by atoms with Crippen LogP contribution in [-0.2, 0) is 0 Å². The Kier molecular flexibility index (Phi) is 4.98. The highest BCUT2D eigenvalue weighted by molar-refractivity contribution is 5.95. The van der Waals surface area contributed by atoms with Crippen molar-refractivity contribution in [1.29, 1.82) is 0 Å². The predicted molar refractivity (Wildman–Crippen MR) is 85.2 cm³/mol. The minimum Gasteiger partial charge on any atom is -0.504 e. The summed E-state index contributed by atoms with van der Waals surface area (Å²) in [5.74, 6) is 0.0729. The Bertz CT molecular complexity index is 699. The summed E-state index contributed by atoms with van der Waals surface area (Å²) in [5, 5.41) is 13.5. The van der Waals surface area contributed by atoms with E-state index in [4.69, 9.17) is 10.5 Å². The molecule has 0 radical (unpaired) electrons. The van der Waals surface area contributed by atoms with Crippen LogP contribution in [0.5, 0.6) is 11.5 Å². The number of nitrogens with zero attached hydrogens (tertiary/aromatic N) is 1. The SMILES string of the molecule is CCOc1cc(/C=N/NC(=O)c2cccc(N)c2)ccc1O. The van der Waals surface area contributed by atoms with E-state index in [0.717, 1.165) is 0 Å². The van der Waals surface area contributed by atoms with Crippen molar-refractivity contribution in [1.82, 2.24) is 5.43 Å². The smallest absolute Gasteiger partial charge is 0.271 e. The molecule has 0 fully saturated rings. The summed E-state index contributed by atoms with van der Waals surface area (Å²) in [6, 6.07) is 11.4. The maximum absolute atomic E-state index is 11.9. The van der Waals surface area contributed by atoms with Crippen LogP contribution in [0.4, 0.5) is 5.69 Å². The molecule has 0 aliphatic carbocycles. The van der Waals surface area contributed by atoms with Gasteiger partial charge in [0.05, 0.1) is 12.8 Å². The van der Waals surface area contributed by atoms with Gasteiger partial charge in [0.1, 0.15) is 0 Å². The Morgan fingerprint density at radius 2 is 2.18 bits per heavy atom. The van der Waals surface area contributed by atoms with Gasteiger partial charge < -0.3 is 15.6 Å². The number of amides is 1. The molecule has 2 rings (SSSR count). The predicted octanol–water partition coefficient (Wildman–Crippen LogP) is 2.14. The summed E-state index contributed by atoms with van der Waals surface area (Å²) in [5.41, 5.74) is 9.66. The standard InChI is InChI=1S/C16H17N3O3/c1-2-22-15-8-11(6-7-14(15)20)10-18-19-16(21)12-4-3-5-13(17)9-12/h3-10,20H,2,17H2,1H3,(H,19,21)/b18-10+. The van der Waals surface area contributed by atoms with Crippen molar-refractivity contribution in [3.8, 4) is 11.5 Å². The summed E-state index contributed by atoms with van der Waals surface area (Å²) >= 11 is 0. The normalized spacial score (nSPS) is 10.6. The number of nitrogens with two attached hydrogens (primary N) is 1. The fourth-order valence-electron chi connectivity index (χ4n) is 1.79. The molecule has 114 valence electrons. The number of hydrazone groups is 1. The van der Waals surface area contributed by atoms with Crippen LogP contribution in [0.2, 0.25) is 0 Å². The number of benzene rings is 2. The summed E-state index contributed by atoms with van der Waals surface area (Å²) in [6.07, 6.45) is 1.46. The number of hydrogen-bond acceptors (Lipinski definition) is 5. The molecule has 0 aromatic heterocycles. The number of hydrogen-bond donors (Lipinski definition) is 3. The number of anilines is 1. The average molecular weight is 299 g/mol. The molecule has 0 aliphatic rings. The lowest BCUT2D eigenvalue weighted by molar-refractivity contribution is 0.0955. The molecule has 0 heterocycles. The Morgan fingerprint density at radius 3 is 2.91 bits per heavy atom. The van der Waals surface area contributed by atoms with Gasteiger partial charge in [0.25, 0.3) is 5.91 Å². The van der Waals surface area contributed by atoms with Crippen LogP contribution < -0.4 is 15.9 Å². The summed E-state index contributed by atoms with van der Waals surface area (Å²) in [7, 11) is 0. The van der Waals surface area contributed by atoms with Gasteiger partial charge >= 0.3 is 0 Å². The molecule has 0 atom stereocenters. The van der Waals surface area contributed by atoms with Crippen LogP contribution in [0.1, 0.15) is 22.8 Å². The van der Waals surface area contributed by atoms with Crippen molar-refractivity contribution >= 4 is 17.8 Å². The average Bonchev–Trinajstić information content (AvgIpc) is 2.50. The third kappa shape index (κ3) is 3.99. The zero-order valence-corrected chi connectivity index (χ0v) is 12.1. The second kappa shape index (κ2) is 7.12. The van der Waals surface area contributed by atoms with Gasteiger partial charge in [-0.1, -0.05) is 6.07 Å². The van der Waals surface area contributed by atoms with E-state index >= 15 is 0 Å². The highest BCUT2D eigenvalue weighted by Gasteiger charge is 2.04. The van der Waals surface area contributed by atoms with E-state index in [0.29, 0.717) is 29.2 Å². The van der Waals surface area contributed by atoms with E-state index in [9.17, 15) is 9.90 Å². The monoisotopic (exact) mass is 299 g/mol. The number of ether oxygens (including phenoxy) is 1. The first-order chi connectivity index (χ1) is 10.6. The quantitative estimate of drug-likeness (QED) is 0.447. The molecule has 4 N–H and O–H groups in total. The van der Waals surface area contributed by atoms with Gasteiger partial charge in [-0.15, -0.1) is 0 Å². The van der Waals surface area contributed by atoms with E-state index in [2.05, 4.69) is 10.5 Å². The van der Waals surface area contributed by atoms with Crippen LogP contribution in [0.15, 0.2) is 47.6 Å². The Balaban J connectivity index is 2.03. The number of rotatable bonds is 5. The van der Waals surface area contributed by atoms with E-state index in [1.165, 1.54) is 12.3 Å². The van der Waals surface area contributed by atoms with Crippen LogP contribution >= 0.6 is 0 Å². The molecule has 0 bridgehead atoms. The number of nitrogen functional groups attached to an aromatic ring is 1. The summed E-state index contributed by atoms with van der Waals surface area (Å²) < 4.78 is 5.27. The number of carbonyl (C=O) groups excluding carboxylic acids is 1. The second-order valence-electron chi connectivity index (χ2n) is 4.48. The molecule has 0 unspecified atom stereocenters. The fraction of sp³-hybridized carbons (Fsp3) is 0.125. The first-order valence-corrected chi connectivity index (χ1v) is 6.75. The topological polar surface area (TPSA) is 96.9 Å². The third-order valence-corrected chi connectivity index (χ3v) is 2.81. The molecule has 0 spiro atoms. The lowest BCUT2D eigenvalue weighted by atomic mass is 10.2. The summed E-state index contributed by atoms with van der Waals surface area (Å²) in [4.78, 5) is 11.9. The van der Waals surface area contributed by atoms with Crippen LogP contribution in [-0.4, -0.2) is 23.8 Å². The zero-order chi connectivity index (χ0) is 15.9. The largest absolute Gasteiger partial charge is 0.504 e. The van der Waals surface area contributed by atoms with Crippen molar-refractivity contribution < 1.29 is 14.6 Å². The molecule has 6 nitrogen and oxygen atoms in total. The third-order valence-electron chi connectivity index (χ3n) is 2.81. The van der Waals surface area contributed by atoms with Gasteiger partial charge in [0.15, 0.2) is 11.5 Å². The molecule has 0 aliphatic heterocycles. The van der Waals surface area contributed by atoms with Gasteiger partial charge in [-0.3, -0.25) is 4.79 Å². The molecule has 0 saturated carbocycles. The number of nitrogens with one attached hydrogen (secondary N) is 1. The van der Waals surface area contributed by atoms with Gasteiger partial charge in [-0.05, 0) is 48.9 Å². The van der Waals surface area contributed by atoms with Crippen LogP contribution in [0.3, 0.4) is 0 Å². The Hall–Kier alpha value is -3.02. The molecule has 2 aromatic rings. The lowest BCUT2D eigenvalue weighted by Crippen LogP contribution is -2.17. The number of carbonyl (C=O) groups is 1. The fourth-order valence-corrected chi connectivity index (χ4v) is 1.79. The van der Waals surface area contributed by atoms with Gasteiger partial charge in [0.2, 0.25) is 0 Å². The van der Waals surface area contributed by atoms with Crippen molar-refractivity contribution in [3.63, 3.8) is 0 Å². The van der Waals surface area contributed by atoms with Gasteiger partial charge in [-0.2, -0.15) is 5.10 Å². The maximum atomic E-state index is 11.9. The molecule has 6 heteroatoms. The van der Waals surface area contributed by atoms with E-state index in [1.54, 1.807) is 36.4 Å². The first kappa shape index (κ1) is 15.4. The Labute approximate surface area is 128 Å². The van der Waals surface area contributed by atoms with Crippen molar-refractivity contribution in [3.05, 3.63) is 53.6 Å². The van der Waals surface area contributed by atoms with E-state index in [-0.39, 0.29) is 11.7 Å². The van der Waals surface area contributed by atoms with E-state index in [1.807, 2.05) is 6.92 Å². The molecular weight excluding hydrogens is 282 g/mol. The highest BCUT2D eigenvalue weighted by atomic mass is 16.5. The molecule has 22 heavy (non-hydrogen) atoms. The van der Waals surface area contributed by atoms with Crippen molar-refractivity contribution in [2.75, 3.05) is 12.3 Å². The van der Waals surface area contributed by atoms with Gasteiger partial charge in [-0.25, -0.2) is 5.43 Å².